The molecule has 31 heavy (non-hydrogen) atoms. The quantitative estimate of drug-likeness (QED) is 0.366. The van der Waals surface area contributed by atoms with Crippen molar-refractivity contribution in [3.63, 3.8) is 0 Å². The monoisotopic (exact) mass is 434 g/mol. The van der Waals surface area contributed by atoms with Gasteiger partial charge in [0.1, 0.15) is 5.82 Å². The predicted octanol–water partition coefficient (Wildman–Crippen LogP) is 4.02. The van der Waals surface area contributed by atoms with E-state index in [2.05, 4.69) is 15.3 Å². The standard InChI is InChI=1S/C23H19FN4O2S/c1-15-4-6-16(7-5-15)13-28-22(30)19-3-2-12-25-21(19)27-23(28)31-14-20(29)26-18-10-8-17(24)9-11-18/h2-12H,13-14H2,1H3,(H,26,29). The molecule has 0 aliphatic rings. The van der Waals surface area contributed by atoms with Crippen LogP contribution in [-0.4, -0.2) is 26.2 Å². The number of amides is 1. The number of carbonyl (C=O) groups excluding carboxylic acids is 1. The summed E-state index contributed by atoms with van der Waals surface area (Å²) in [5, 5.41) is 3.54. The summed E-state index contributed by atoms with van der Waals surface area (Å²) in [6.45, 7) is 2.33. The number of carbonyl (C=O) groups is 1. The predicted molar refractivity (Wildman–Crippen MR) is 120 cm³/mol. The summed E-state index contributed by atoms with van der Waals surface area (Å²) >= 11 is 1.15. The maximum atomic E-state index is 13.1. The lowest BCUT2D eigenvalue weighted by atomic mass is 10.1. The lowest BCUT2D eigenvalue weighted by Gasteiger charge is -2.13. The summed E-state index contributed by atoms with van der Waals surface area (Å²) in [5.41, 5.74) is 2.71. The molecule has 0 unspecified atom stereocenters. The van der Waals surface area contributed by atoms with E-state index < -0.39 is 0 Å². The lowest BCUT2D eigenvalue weighted by molar-refractivity contribution is -0.113. The van der Waals surface area contributed by atoms with Crippen LogP contribution in [0.3, 0.4) is 0 Å². The number of pyridine rings is 1. The summed E-state index contributed by atoms with van der Waals surface area (Å²) in [6, 6.07) is 16.8. The smallest absolute Gasteiger partial charge is 0.263 e. The third-order valence-corrected chi connectivity index (χ3v) is 5.59. The number of thioether (sulfide) groups is 1. The first-order valence-corrected chi connectivity index (χ1v) is 10.6. The minimum absolute atomic E-state index is 0.0378. The SMILES string of the molecule is Cc1ccc(Cn2c(SCC(=O)Nc3ccc(F)cc3)nc3ncccc3c2=O)cc1. The zero-order valence-corrected chi connectivity index (χ0v) is 17.5. The Hall–Kier alpha value is -3.52. The molecule has 0 saturated carbocycles. The van der Waals surface area contributed by atoms with E-state index in [0.717, 1.165) is 22.9 Å². The second-order valence-electron chi connectivity index (χ2n) is 6.99. The van der Waals surface area contributed by atoms with E-state index in [-0.39, 0.29) is 23.0 Å². The molecule has 1 amide bonds. The molecule has 0 spiro atoms. The van der Waals surface area contributed by atoms with Crippen LogP contribution >= 0.6 is 11.8 Å². The second-order valence-corrected chi connectivity index (χ2v) is 7.93. The highest BCUT2D eigenvalue weighted by Gasteiger charge is 2.14. The molecule has 2 aromatic carbocycles. The second kappa shape index (κ2) is 9.09. The number of nitrogens with one attached hydrogen (secondary N) is 1. The topological polar surface area (TPSA) is 76.9 Å². The molecular formula is C23H19FN4O2S. The number of benzene rings is 2. The molecule has 0 fully saturated rings. The molecule has 0 atom stereocenters. The molecule has 1 N–H and O–H groups in total. The van der Waals surface area contributed by atoms with Gasteiger partial charge in [-0.1, -0.05) is 41.6 Å². The van der Waals surface area contributed by atoms with Gasteiger partial charge in [0, 0.05) is 11.9 Å². The van der Waals surface area contributed by atoms with Gasteiger partial charge in [0.15, 0.2) is 10.8 Å². The first kappa shape index (κ1) is 20.7. The van der Waals surface area contributed by atoms with Crippen LogP contribution in [0.2, 0.25) is 0 Å². The van der Waals surface area contributed by atoms with Crippen molar-refractivity contribution in [2.75, 3.05) is 11.1 Å². The first-order chi connectivity index (χ1) is 15.0. The van der Waals surface area contributed by atoms with Gasteiger partial charge in [-0.3, -0.25) is 14.2 Å². The van der Waals surface area contributed by atoms with Crippen LogP contribution < -0.4 is 10.9 Å². The lowest BCUT2D eigenvalue weighted by Crippen LogP contribution is -2.25. The maximum absolute atomic E-state index is 13.1. The molecule has 0 radical (unpaired) electrons. The number of rotatable bonds is 6. The van der Waals surface area contributed by atoms with Gasteiger partial charge < -0.3 is 5.32 Å². The Morgan fingerprint density at radius 1 is 1.10 bits per heavy atom. The highest BCUT2D eigenvalue weighted by Crippen LogP contribution is 2.19. The molecular weight excluding hydrogens is 415 g/mol. The van der Waals surface area contributed by atoms with Gasteiger partial charge in [0.05, 0.1) is 17.7 Å². The fraction of sp³-hybridized carbons (Fsp3) is 0.130. The molecule has 0 aliphatic carbocycles. The Bertz CT molecular complexity index is 1290. The molecule has 156 valence electrons. The Morgan fingerprint density at radius 2 is 1.84 bits per heavy atom. The zero-order valence-electron chi connectivity index (χ0n) is 16.7. The summed E-state index contributed by atoms with van der Waals surface area (Å²) < 4.78 is 14.6. The summed E-state index contributed by atoms with van der Waals surface area (Å²) in [6.07, 6.45) is 1.58. The fourth-order valence-electron chi connectivity index (χ4n) is 3.02. The van der Waals surface area contributed by atoms with Crippen LogP contribution in [0, 0.1) is 12.7 Å². The summed E-state index contributed by atoms with van der Waals surface area (Å²) in [5.74, 6) is -0.620. The highest BCUT2D eigenvalue weighted by molar-refractivity contribution is 7.99. The number of hydrogen-bond acceptors (Lipinski definition) is 5. The molecule has 4 aromatic rings. The number of aromatic nitrogens is 3. The van der Waals surface area contributed by atoms with Crippen molar-refractivity contribution in [1.29, 1.82) is 0 Å². The van der Waals surface area contributed by atoms with Gasteiger partial charge in [0.25, 0.3) is 5.56 Å². The van der Waals surface area contributed by atoms with Crippen LogP contribution in [-0.2, 0) is 11.3 Å². The van der Waals surface area contributed by atoms with E-state index in [9.17, 15) is 14.0 Å². The fourth-order valence-corrected chi connectivity index (χ4v) is 3.81. The number of nitrogens with zero attached hydrogens (tertiary/aromatic N) is 3. The minimum Gasteiger partial charge on any atom is -0.325 e. The van der Waals surface area contributed by atoms with Gasteiger partial charge in [0.2, 0.25) is 5.91 Å². The van der Waals surface area contributed by atoms with Crippen molar-refractivity contribution < 1.29 is 9.18 Å². The number of hydrogen-bond donors (Lipinski definition) is 1. The third kappa shape index (κ3) is 4.97. The molecule has 8 heteroatoms. The normalized spacial score (nSPS) is 10.9. The minimum atomic E-state index is -0.375. The van der Waals surface area contributed by atoms with Crippen molar-refractivity contribution in [2.45, 2.75) is 18.6 Å². The molecule has 0 saturated heterocycles. The molecule has 2 aromatic heterocycles. The average molecular weight is 434 g/mol. The van der Waals surface area contributed by atoms with Crippen LogP contribution in [0.4, 0.5) is 10.1 Å². The average Bonchev–Trinajstić information content (AvgIpc) is 2.77. The first-order valence-electron chi connectivity index (χ1n) is 9.59. The van der Waals surface area contributed by atoms with Gasteiger partial charge in [-0.15, -0.1) is 0 Å². The van der Waals surface area contributed by atoms with Gasteiger partial charge in [-0.25, -0.2) is 14.4 Å². The summed E-state index contributed by atoms with van der Waals surface area (Å²) in [7, 11) is 0. The van der Waals surface area contributed by atoms with Crippen LogP contribution in [0.1, 0.15) is 11.1 Å². The Morgan fingerprint density at radius 3 is 2.58 bits per heavy atom. The molecule has 0 aliphatic heterocycles. The Balaban J connectivity index is 1.60. The molecule has 2 heterocycles. The number of fused-ring (bicyclic) bond motifs is 1. The number of halogens is 1. The van der Waals surface area contributed by atoms with E-state index in [0.29, 0.717) is 28.4 Å². The van der Waals surface area contributed by atoms with Crippen LogP contribution in [0.25, 0.3) is 11.0 Å². The van der Waals surface area contributed by atoms with E-state index >= 15 is 0 Å². The highest BCUT2D eigenvalue weighted by atomic mass is 32.2. The number of aryl methyl sites for hydroxylation is 1. The van der Waals surface area contributed by atoms with Crippen LogP contribution in [0.5, 0.6) is 0 Å². The van der Waals surface area contributed by atoms with Crippen molar-refractivity contribution >= 4 is 34.4 Å². The van der Waals surface area contributed by atoms with Crippen molar-refractivity contribution in [3.05, 3.63) is 94.2 Å². The Kier molecular flexibility index (Phi) is 6.08. The van der Waals surface area contributed by atoms with Crippen molar-refractivity contribution in [3.8, 4) is 0 Å². The van der Waals surface area contributed by atoms with Crippen molar-refractivity contribution in [2.24, 2.45) is 0 Å². The Labute approximate surface area is 182 Å². The van der Waals surface area contributed by atoms with E-state index in [1.165, 1.54) is 24.3 Å². The largest absolute Gasteiger partial charge is 0.325 e. The van der Waals surface area contributed by atoms with Gasteiger partial charge in [-0.2, -0.15) is 0 Å². The zero-order chi connectivity index (χ0) is 21.8. The molecule has 0 bridgehead atoms. The van der Waals surface area contributed by atoms with E-state index in [1.54, 1.807) is 22.9 Å². The number of anilines is 1. The molecule has 6 nitrogen and oxygen atoms in total. The third-order valence-electron chi connectivity index (χ3n) is 4.62. The maximum Gasteiger partial charge on any atom is 0.263 e. The van der Waals surface area contributed by atoms with E-state index in [4.69, 9.17) is 0 Å². The molecule has 4 rings (SSSR count). The van der Waals surface area contributed by atoms with Crippen LogP contribution in [0.15, 0.2) is 76.8 Å². The van der Waals surface area contributed by atoms with E-state index in [1.807, 2.05) is 31.2 Å². The van der Waals surface area contributed by atoms with Gasteiger partial charge in [-0.05, 0) is 48.9 Å². The van der Waals surface area contributed by atoms with Crippen molar-refractivity contribution in [1.82, 2.24) is 14.5 Å². The summed E-state index contributed by atoms with van der Waals surface area (Å²) in [4.78, 5) is 34.2. The van der Waals surface area contributed by atoms with Gasteiger partial charge >= 0.3 is 0 Å².